The molecule has 0 spiro atoms. The Morgan fingerprint density at radius 1 is 1.33 bits per heavy atom. The highest BCUT2D eigenvalue weighted by atomic mass is 16.1. The minimum atomic E-state index is -0.216. The molecule has 3 N–H and O–H groups in total. The Labute approximate surface area is 126 Å². The zero-order valence-electron chi connectivity index (χ0n) is 12.6. The molecule has 2 fully saturated rings. The van der Waals surface area contributed by atoms with Crippen LogP contribution in [0.15, 0.2) is 30.3 Å². The van der Waals surface area contributed by atoms with E-state index in [1.807, 2.05) is 6.07 Å². The maximum absolute atomic E-state index is 12.1. The molecule has 3 rings (SSSR count). The zero-order valence-corrected chi connectivity index (χ0v) is 12.6. The topological polar surface area (TPSA) is 58.4 Å². The van der Waals surface area contributed by atoms with E-state index in [1.165, 1.54) is 5.56 Å². The number of hydrogen-bond acceptors (Lipinski definition) is 3. The van der Waals surface area contributed by atoms with Crippen molar-refractivity contribution in [1.82, 2.24) is 10.2 Å². The molecule has 2 aliphatic rings. The van der Waals surface area contributed by atoms with Crippen molar-refractivity contribution < 1.29 is 4.79 Å². The molecule has 114 valence electrons. The summed E-state index contributed by atoms with van der Waals surface area (Å²) < 4.78 is 0. The van der Waals surface area contributed by atoms with Gasteiger partial charge in [0.15, 0.2) is 0 Å². The molecule has 1 saturated heterocycles. The Morgan fingerprint density at radius 3 is 2.76 bits per heavy atom. The van der Waals surface area contributed by atoms with Gasteiger partial charge in [-0.15, -0.1) is 0 Å². The fraction of sp³-hybridized carbons (Fsp3) is 0.588. The molecule has 1 aromatic carbocycles. The average Bonchev–Trinajstić information content (AvgIpc) is 2.85. The number of likely N-dealkylation sites (tertiary alicyclic amines) is 1. The normalized spacial score (nSPS) is 24.5. The number of rotatable bonds is 5. The summed E-state index contributed by atoms with van der Waals surface area (Å²) in [5.41, 5.74) is 7.25. The molecule has 1 aromatic rings. The second kappa shape index (κ2) is 6.16. The molecular weight excluding hydrogens is 262 g/mol. The molecule has 1 amide bonds. The van der Waals surface area contributed by atoms with Gasteiger partial charge in [-0.1, -0.05) is 30.3 Å². The van der Waals surface area contributed by atoms with Gasteiger partial charge in [-0.05, 0) is 31.2 Å². The molecule has 1 aliphatic heterocycles. The van der Waals surface area contributed by atoms with E-state index < -0.39 is 0 Å². The number of carbonyl (C=O) groups is 1. The smallest absolute Gasteiger partial charge is 0.222 e. The van der Waals surface area contributed by atoms with Gasteiger partial charge in [-0.3, -0.25) is 9.69 Å². The zero-order chi connectivity index (χ0) is 14.7. The molecule has 0 bridgehead atoms. The fourth-order valence-corrected chi connectivity index (χ4v) is 3.34. The van der Waals surface area contributed by atoms with Gasteiger partial charge in [0.1, 0.15) is 0 Å². The van der Waals surface area contributed by atoms with Crippen LogP contribution in [-0.4, -0.2) is 35.5 Å². The van der Waals surface area contributed by atoms with Gasteiger partial charge in [0, 0.05) is 37.6 Å². The molecular formula is C17H25N3O. The van der Waals surface area contributed by atoms with E-state index in [0.717, 1.165) is 45.3 Å². The summed E-state index contributed by atoms with van der Waals surface area (Å²) in [7, 11) is 0. The number of nitrogens with two attached hydrogens (primary N) is 1. The Bertz CT molecular complexity index is 484. The third-order valence-electron chi connectivity index (χ3n) is 4.75. The summed E-state index contributed by atoms with van der Waals surface area (Å²) >= 11 is 0. The Balaban J connectivity index is 1.43. The Hall–Kier alpha value is -1.39. The highest BCUT2D eigenvalue weighted by Gasteiger charge is 2.35. The second-order valence-electron chi connectivity index (χ2n) is 6.67. The van der Waals surface area contributed by atoms with Gasteiger partial charge in [0.05, 0.1) is 0 Å². The Morgan fingerprint density at radius 2 is 2.10 bits per heavy atom. The van der Waals surface area contributed by atoms with Gasteiger partial charge in [-0.2, -0.15) is 0 Å². The van der Waals surface area contributed by atoms with Crippen molar-refractivity contribution >= 4 is 5.91 Å². The number of carbonyl (C=O) groups excluding carboxylic acids is 1. The molecule has 4 heteroatoms. The van der Waals surface area contributed by atoms with E-state index in [9.17, 15) is 4.79 Å². The molecule has 1 aliphatic carbocycles. The van der Waals surface area contributed by atoms with Crippen LogP contribution in [0, 0.1) is 0 Å². The lowest BCUT2D eigenvalue weighted by molar-refractivity contribution is -0.123. The maximum Gasteiger partial charge on any atom is 0.222 e. The van der Waals surface area contributed by atoms with Gasteiger partial charge < -0.3 is 11.1 Å². The molecule has 1 unspecified atom stereocenters. The fourth-order valence-electron chi connectivity index (χ4n) is 3.34. The first-order valence-corrected chi connectivity index (χ1v) is 7.98. The van der Waals surface area contributed by atoms with E-state index in [0.29, 0.717) is 6.42 Å². The van der Waals surface area contributed by atoms with Crippen LogP contribution in [0.3, 0.4) is 0 Å². The number of benzene rings is 1. The van der Waals surface area contributed by atoms with Gasteiger partial charge in [0.25, 0.3) is 0 Å². The van der Waals surface area contributed by atoms with Crippen molar-refractivity contribution in [3.63, 3.8) is 0 Å². The largest absolute Gasteiger partial charge is 0.352 e. The second-order valence-corrected chi connectivity index (χ2v) is 6.67. The summed E-state index contributed by atoms with van der Waals surface area (Å²) in [5, 5.41) is 3.16. The lowest BCUT2D eigenvalue weighted by Crippen LogP contribution is -2.51. The molecule has 1 atom stereocenters. The number of hydrogen-bond donors (Lipinski definition) is 2. The molecule has 0 aromatic heterocycles. The SMILES string of the molecule is NC1(CC(=O)NC2CCN(Cc3ccccc3)C2)CCC1. The minimum Gasteiger partial charge on any atom is -0.352 e. The average molecular weight is 287 g/mol. The van der Waals surface area contributed by atoms with E-state index in [1.54, 1.807) is 0 Å². The van der Waals surface area contributed by atoms with E-state index in [4.69, 9.17) is 5.73 Å². The van der Waals surface area contributed by atoms with Crippen molar-refractivity contribution in [3.05, 3.63) is 35.9 Å². The van der Waals surface area contributed by atoms with E-state index >= 15 is 0 Å². The molecule has 1 heterocycles. The quantitative estimate of drug-likeness (QED) is 0.866. The van der Waals surface area contributed by atoms with Crippen LogP contribution in [0.4, 0.5) is 0 Å². The van der Waals surface area contributed by atoms with Crippen molar-refractivity contribution in [1.29, 1.82) is 0 Å². The molecule has 1 saturated carbocycles. The van der Waals surface area contributed by atoms with Crippen LogP contribution in [0.2, 0.25) is 0 Å². The molecule has 21 heavy (non-hydrogen) atoms. The molecule has 0 radical (unpaired) electrons. The summed E-state index contributed by atoms with van der Waals surface area (Å²) in [5.74, 6) is 0.128. The van der Waals surface area contributed by atoms with Crippen LogP contribution >= 0.6 is 0 Å². The van der Waals surface area contributed by atoms with Crippen molar-refractivity contribution in [2.24, 2.45) is 5.73 Å². The predicted molar refractivity (Wildman–Crippen MR) is 83.7 cm³/mol. The minimum absolute atomic E-state index is 0.128. The number of nitrogens with zero attached hydrogens (tertiary/aromatic N) is 1. The van der Waals surface area contributed by atoms with Crippen LogP contribution < -0.4 is 11.1 Å². The summed E-state index contributed by atoms with van der Waals surface area (Å²) in [4.78, 5) is 14.5. The first-order valence-electron chi connectivity index (χ1n) is 7.98. The van der Waals surface area contributed by atoms with Crippen LogP contribution in [0.1, 0.15) is 37.7 Å². The van der Waals surface area contributed by atoms with Crippen molar-refractivity contribution in [2.45, 2.75) is 50.2 Å². The first kappa shape index (κ1) is 14.5. The van der Waals surface area contributed by atoms with Gasteiger partial charge in [0.2, 0.25) is 5.91 Å². The van der Waals surface area contributed by atoms with E-state index in [2.05, 4.69) is 34.5 Å². The summed E-state index contributed by atoms with van der Waals surface area (Å²) in [6, 6.07) is 10.8. The third kappa shape index (κ3) is 3.83. The Kier molecular flexibility index (Phi) is 4.27. The lowest BCUT2D eigenvalue weighted by Gasteiger charge is -2.37. The first-order chi connectivity index (χ1) is 10.1. The van der Waals surface area contributed by atoms with Gasteiger partial charge >= 0.3 is 0 Å². The number of amides is 1. The highest BCUT2D eigenvalue weighted by Crippen LogP contribution is 2.32. The molecule has 4 nitrogen and oxygen atoms in total. The van der Waals surface area contributed by atoms with Crippen molar-refractivity contribution in [2.75, 3.05) is 13.1 Å². The van der Waals surface area contributed by atoms with Crippen LogP contribution in [-0.2, 0) is 11.3 Å². The van der Waals surface area contributed by atoms with Gasteiger partial charge in [-0.25, -0.2) is 0 Å². The monoisotopic (exact) mass is 287 g/mol. The standard InChI is InChI=1S/C17H25N3O/c18-17(8-4-9-17)11-16(21)19-15-7-10-20(13-15)12-14-5-2-1-3-6-14/h1-3,5-6,15H,4,7-13,18H2,(H,19,21). The number of nitrogens with one attached hydrogen (secondary N) is 1. The van der Waals surface area contributed by atoms with Crippen molar-refractivity contribution in [3.8, 4) is 0 Å². The summed E-state index contributed by atoms with van der Waals surface area (Å²) in [6.07, 6.45) is 4.67. The van der Waals surface area contributed by atoms with Crippen LogP contribution in [0.25, 0.3) is 0 Å². The predicted octanol–water partition coefficient (Wildman–Crippen LogP) is 1.65. The third-order valence-corrected chi connectivity index (χ3v) is 4.75. The summed E-state index contributed by atoms with van der Waals surface area (Å²) in [6.45, 7) is 2.96. The van der Waals surface area contributed by atoms with Crippen LogP contribution in [0.5, 0.6) is 0 Å². The van der Waals surface area contributed by atoms with E-state index in [-0.39, 0.29) is 17.5 Å². The highest BCUT2D eigenvalue weighted by molar-refractivity contribution is 5.77. The lowest BCUT2D eigenvalue weighted by atomic mass is 9.75. The maximum atomic E-state index is 12.1.